The minimum absolute atomic E-state index is 0.0301. The highest BCUT2D eigenvalue weighted by molar-refractivity contribution is 7.93. The molecule has 126 valence electrons. The quantitative estimate of drug-likeness (QED) is 0.692. The van der Waals surface area contributed by atoms with Crippen LogP contribution >= 0.6 is 11.3 Å². The van der Waals surface area contributed by atoms with E-state index in [1.807, 2.05) is 0 Å². The zero-order valence-electron chi connectivity index (χ0n) is 12.7. The molecular weight excluding hydrogens is 355 g/mol. The SMILES string of the molecule is COC(=O)c1scc(C)c1NS(=O)(=O)c1c[nH]c2cccc(F)c12. The van der Waals surface area contributed by atoms with Gasteiger partial charge >= 0.3 is 5.97 Å². The Labute approximate surface area is 141 Å². The average Bonchev–Trinajstić information content (AvgIpc) is 3.12. The lowest BCUT2D eigenvalue weighted by molar-refractivity contribution is 0.0607. The van der Waals surface area contributed by atoms with Gasteiger partial charge in [0.1, 0.15) is 15.6 Å². The van der Waals surface area contributed by atoms with Gasteiger partial charge in [0.25, 0.3) is 10.0 Å². The van der Waals surface area contributed by atoms with Gasteiger partial charge in [-0.3, -0.25) is 4.72 Å². The van der Waals surface area contributed by atoms with Crippen LogP contribution in [-0.4, -0.2) is 26.5 Å². The van der Waals surface area contributed by atoms with E-state index in [-0.39, 0.29) is 20.8 Å². The molecule has 0 aliphatic heterocycles. The van der Waals surface area contributed by atoms with Crippen LogP contribution in [0.5, 0.6) is 0 Å². The van der Waals surface area contributed by atoms with Gasteiger partial charge in [0.2, 0.25) is 0 Å². The van der Waals surface area contributed by atoms with Crippen LogP contribution in [0.2, 0.25) is 0 Å². The van der Waals surface area contributed by atoms with E-state index in [4.69, 9.17) is 0 Å². The second-order valence-corrected chi connectivity index (χ2v) is 7.57. The van der Waals surface area contributed by atoms with Crippen molar-refractivity contribution in [3.8, 4) is 0 Å². The molecular formula is C15H13FN2O4S2. The van der Waals surface area contributed by atoms with Crippen LogP contribution in [0.4, 0.5) is 10.1 Å². The number of nitrogens with one attached hydrogen (secondary N) is 2. The van der Waals surface area contributed by atoms with Gasteiger partial charge in [-0.05, 0) is 30.0 Å². The van der Waals surface area contributed by atoms with Gasteiger partial charge in [-0.1, -0.05) is 6.07 Å². The number of halogens is 1. The Morgan fingerprint density at radius 1 is 1.38 bits per heavy atom. The van der Waals surface area contributed by atoms with Crippen LogP contribution in [0.3, 0.4) is 0 Å². The molecule has 2 N–H and O–H groups in total. The Morgan fingerprint density at radius 2 is 2.12 bits per heavy atom. The highest BCUT2D eigenvalue weighted by atomic mass is 32.2. The van der Waals surface area contributed by atoms with E-state index in [2.05, 4.69) is 14.4 Å². The van der Waals surface area contributed by atoms with Crippen LogP contribution in [0.15, 0.2) is 34.7 Å². The maximum atomic E-state index is 14.0. The number of rotatable bonds is 4. The van der Waals surface area contributed by atoms with Crippen molar-refractivity contribution >= 4 is 43.9 Å². The number of fused-ring (bicyclic) bond motifs is 1. The number of carbonyl (C=O) groups is 1. The molecule has 6 nitrogen and oxygen atoms in total. The zero-order chi connectivity index (χ0) is 17.5. The third-order valence-corrected chi connectivity index (χ3v) is 5.94. The largest absolute Gasteiger partial charge is 0.465 e. The van der Waals surface area contributed by atoms with Gasteiger partial charge in [0.15, 0.2) is 0 Å². The third-order valence-electron chi connectivity index (χ3n) is 3.49. The number of aromatic amines is 1. The molecule has 2 aromatic heterocycles. The van der Waals surface area contributed by atoms with Crippen LogP contribution in [0, 0.1) is 12.7 Å². The number of anilines is 1. The lowest BCUT2D eigenvalue weighted by atomic mass is 10.2. The van der Waals surface area contributed by atoms with Gasteiger partial charge < -0.3 is 9.72 Å². The summed E-state index contributed by atoms with van der Waals surface area (Å²) in [7, 11) is -2.89. The normalized spacial score (nSPS) is 11.6. The first-order valence-corrected chi connectivity index (χ1v) is 9.16. The third kappa shape index (κ3) is 2.65. The molecule has 0 fully saturated rings. The monoisotopic (exact) mass is 368 g/mol. The Hall–Kier alpha value is -2.39. The van der Waals surface area contributed by atoms with E-state index in [1.54, 1.807) is 18.4 Å². The fraction of sp³-hybridized carbons (Fsp3) is 0.133. The predicted octanol–water partition coefficient (Wildman–Crippen LogP) is 3.26. The Balaban J connectivity index is 2.10. The van der Waals surface area contributed by atoms with Gasteiger partial charge in [-0.15, -0.1) is 11.3 Å². The molecule has 3 rings (SSSR count). The molecule has 0 unspecified atom stereocenters. The van der Waals surface area contributed by atoms with E-state index in [1.165, 1.54) is 25.4 Å². The fourth-order valence-electron chi connectivity index (χ4n) is 2.33. The molecule has 9 heteroatoms. The first kappa shape index (κ1) is 16.5. The number of methoxy groups -OCH3 is 1. The summed E-state index contributed by atoms with van der Waals surface area (Å²) >= 11 is 1.07. The predicted molar refractivity (Wildman–Crippen MR) is 89.5 cm³/mol. The number of H-pyrrole nitrogens is 1. The Kier molecular flexibility index (Phi) is 4.06. The summed E-state index contributed by atoms with van der Waals surface area (Å²) in [5.41, 5.74) is 1.08. The molecule has 0 spiro atoms. The number of thiophene rings is 1. The van der Waals surface area contributed by atoms with Gasteiger partial charge in [0, 0.05) is 11.7 Å². The minimum atomic E-state index is -4.10. The molecule has 0 bridgehead atoms. The van der Waals surface area contributed by atoms with Crippen LogP contribution in [-0.2, 0) is 14.8 Å². The first-order chi connectivity index (χ1) is 11.3. The van der Waals surface area contributed by atoms with Crippen molar-refractivity contribution in [3.05, 3.63) is 46.0 Å². The maximum absolute atomic E-state index is 14.0. The van der Waals surface area contributed by atoms with E-state index in [9.17, 15) is 17.6 Å². The summed E-state index contributed by atoms with van der Waals surface area (Å²) in [6.07, 6.45) is 1.22. The summed E-state index contributed by atoms with van der Waals surface area (Å²) in [4.78, 5) is 14.4. The van der Waals surface area contributed by atoms with Crippen LogP contribution in [0.1, 0.15) is 15.2 Å². The first-order valence-electron chi connectivity index (χ1n) is 6.80. The number of sulfonamides is 1. The van der Waals surface area contributed by atoms with Gasteiger partial charge in [-0.25, -0.2) is 17.6 Å². The molecule has 0 saturated carbocycles. The molecule has 1 aromatic carbocycles. The average molecular weight is 368 g/mol. The Morgan fingerprint density at radius 3 is 2.83 bits per heavy atom. The summed E-state index contributed by atoms with van der Waals surface area (Å²) in [6, 6.07) is 4.24. The van der Waals surface area contributed by atoms with E-state index >= 15 is 0 Å². The van der Waals surface area contributed by atoms with Crippen molar-refractivity contribution in [2.24, 2.45) is 0 Å². The van der Waals surface area contributed by atoms with Crippen molar-refractivity contribution in [2.45, 2.75) is 11.8 Å². The second-order valence-electron chi connectivity index (χ2n) is 5.04. The number of carbonyl (C=O) groups excluding carboxylic acids is 1. The van der Waals surface area contributed by atoms with Crippen LogP contribution < -0.4 is 4.72 Å². The van der Waals surface area contributed by atoms with Crippen LogP contribution in [0.25, 0.3) is 10.9 Å². The summed E-state index contributed by atoms with van der Waals surface area (Å²) in [6.45, 7) is 1.66. The minimum Gasteiger partial charge on any atom is -0.465 e. The summed E-state index contributed by atoms with van der Waals surface area (Å²) < 4.78 is 46.5. The lowest BCUT2D eigenvalue weighted by Crippen LogP contribution is -2.15. The number of esters is 1. The molecule has 0 atom stereocenters. The molecule has 0 radical (unpaired) electrons. The molecule has 0 amide bonds. The number of benzene rings is 1. The second kappa shape index (κ2) is 5.91. The fourth-order valence-corrected chi connectivity index (χ4v) is 4.64. The number of hydrogen-bond acceptors (Lipinski definition) is 5. The molecule has 0 aliphatic rings. The van der Waals surface area contributed by atoms with E-state index in [0.29, 0.717) is 11.1 Å². The molecule has 0 saturated heterocycles. The van der Waals surface area contributed by atoms with E-state index < -0.39 is 21.8 Å². The topological polar surface area (TPSA) is 88.3 Å². The number of hydrogen-bond donors (Lipinski definition) is 2. The summed E-state index contributed by atoms with van der Waals surface area (Å²) in [5.74, 6) is -1.29. The van der Waals surface area contributed by atoms with Crippen molar-refractivity contribution in [1.29, 1.82) is 0 Å². The van der Waals surface area contributed by atoms with Crippen molar-refractivity contribution in [2.75, 3.05) is 11.8 Å². The van der Waals surface area contributed by atoms with E-state index in [0.717, 1.165) is 11.3 Å². The summed E-state index contributed by atoms with van der Waals surface area (Å²) in [5, 5.41) is 1.61. The standard InChI is InChI=1S/C15H13FN2O4S2/c1-8-7-23-14(15(19)22-2)13(8)18-24(20,21)11-6-17-10-5-3-4-9(16)12(10)11/h3-7,17-18H,1-2H3. The number of aryl methyl sites for hydroxylation is 1. The van der Waals surface area contributed by atoms with Crippen molar-refractivity contribution in [1.82, 2.24) is 4.98 Å². The smallest absolute Gasteiger partial charge is 0.350 e. The highest BCUT2D eigenvalue weighted by Crippen LogP contribution is 2.32. The number of aromatic nitrogens is 1. The molecule has 2 heterocycles. The molecule has 3 aromatic rings. The number of ether oxygens (including phenoxy) is 1. The Bertz CT molecular complexity index is 1040. The molecule has 0 aliphatic carbocycles. The maximum Gasteiger partial charge on any atom is 0.350 e. The van der Waals surface area contributed by atoms with Crippen molar-refractivity contribution in [3.63, 3.8) is 0 Å². The zero-order valence-corrected chi connectivity index (χ0v) is 14.3. The lowest BCUT2D eigenvalue weighted by Gasteiger charge is -2.09. The van der Waals surface area contributed by atoms with Gasteiger partial charge in [-0.2, -0.15) is 0 Å². The highest BCUT2D eigenvalue weighted by Gasteiger charge is 2.25. The molecule has 24 heavy (non-hydrogen) atoms. The van der Waals surface area contributed by atoms with Gasteiger partial charge in [0.05, 0.1) is 18.2 Å². The van der Waals surface area contributed by atoms with Crippen molar-refractivity contribution < 1.29 is 22.3 Å².